The molecule has 0 spiro atoms. The molecule has 6 heteroatoms. The van der Waals surface area contributed by atoms with Crippen molar-refractivity contribution in [1.29, 1.82) is 0 Å². The molecule has 0 radical (unpaired) electrons. The van der Waals surface area contributed by atoms with Crippen LogP contribution in [0.15, 0.2) is 45.1 Å². The van der Waals surface area contributed by atoms with Crippen LogP contribution in [0.5, 0.6) is 0 Å². The van der Waals surface area contributed by atoms with Gasteiger partial charge in [0.05, 0.1) is 4.90 Å². The van der Waals surface area contributed by atoms with Gasteiger partial charge in [-0.15, -0.1) is 11.3 Å². The highest BCUT2D eigenvalue weighted by molar-refractivity contribution is 9.10. The molecule has 2 rings (SSSR count). The van der Waals surface area contributed by atoms with Crippen LogP contribution in [0.3, 0.4) is 0 Å². The number of sulfone groups is 1. The van der Waals surface area contributed by atoms with Crippen molar-refractivity contribution in [3.63, 3.8) is 0 Å². The number of rotatable bonds is 4. The zero-order chi connectivity index (χ0) is 13.2. The summed E-state index contributed by atoms with van der Waals surface area (Å²) in [7, 11) is -3.12. The molecule has 3 nitrogen and oxygen atoms in total. The fraction of sp³-hybridized carbons (Fsp3) is 0.167. The first kappa shape index (κ1) is 13.6. The van der Waals surface area contributed by atoms with Gasteiger partial charge in [-0.1, -0.05) is 0 Å². The zero-order valence-corrected chi connectivity index (χ0v) is 12.9. The fourth-order valence-corrected chi connectivity index (χ4v) is 3.48. The van der Waals surface area contributed by atoms with Crippen molar-refractivity contribution in [3.8, 4) is 0 Å². The minimum absolute atomic E-state index is 0.340. The molecule has 0 aliphatic carbocycles. The molecule has 0 unspecified atom stereocenters. The molecule has 0 atom stereocenters. The molecule has 96 valence electrons. The van der Waals surface area contributed by atoms with Gasteiger partial charge in [-0.2, -0.15) is 0 Å². The minimum Gasteiger partial charge on any atom is -0.380 e. The highest BCUT2D eigenvalue weighted by atomic mass is 79.9. The van der Waals surface area contributed by atoms with Gasteiger partial charge >= 0.3 is 0 Å². The number of hydrogen-bond acceptors (Lipinski definition) is 4. The number of halogens is 1. The highest BCUT2D eigenvalue weighted by Crippen LogP contribution is 2.21. The van der Waals surface area contributed by atoms with E-state index < -0.39 is 9.84 Å². The van der Waals surface area contributed by atoms with Crippen LogP contribution >= 0.6 is 27.3 Å². The third kappa shape index (κ3) is 3.57. The molecule has 0 amide bonds. The minimum atomic E-state index is -3.12. The van der Waals surface area contributed by atoms with E-state index >= 15 is 0 Å². The maximum atomic E-state index is 11.3. The van der Waals surface area contributed by atoms with Crippen LogP contribution in [0.25, 0.3) is 0 Å². The number of anilines is 1. The zero-order valence-electron chi connectivity index (χ0n) is 9.68. The summed E-state index contributed by atoms with van der Waals surface area (Å²) in [5.41, 5.74) is 0.909. The number of hydrogen-bond donors (Lipinski definition) is 1. The van der Waals surface area contributed by atoms with E-state index in [1.165, 1.54) is 11.1 Å². The summed E-state index contributed by atoms with van der Waals surface area (Å²) in [6.07, 6.45) is 1.21. The first-order chi connectivity index (χ1) is 8.45. The van der Waals surface area contributed by atoms with Crippen molar-refractivity contribution in [1.82, 2.24) is 0 Å². The Bertz CT molecular complexity index is 632. The van der Waals surface area contributed by atoms with Crippen molar-refractivity contribution >= 4 is 42.8 Å². The van der Waals surface area contributed by atoms with Crippen LogP contribution < -0.4 is 5.32 Å². The van der Waals surface area contributed by atoms with Crippen LogP contribution in [-0.4, -0.2) is 14.7 Å². The molecule has 1 N–H and O–H groups in total. The van der Waals surface area contributed by atoms with Crippen molar-refractivity contribution in [3.05, 3.63) is 45.1 Å². The maximum absolute atomic E-state index is 11.3. The van der Waals surface area contributed by atoms with Crippen LogP contribution in [0.2, 0.25) is 0 Å². The van der Waals surface area contributed by atoms with Gasteiger partial charge in [-0.05, 0) is 46.3 Å². The number of benzene rings is 1. The van der Waals surface area contributed by atoms with Gasteiger partial charge in [0.15, 0.2) is 9.84 Å². The van der Waals surface area contributed by atoms with E-state index in [9.17, 15) is 8.42 Å². The fourth-order valence-electron chi connectivity index (χ4n) is 1.46. The molecule has 0 saturated carbocycles. The van der Waals surface area contributed by atoms with Crippen molar-refractivity contribution in [2.24, 2.45) is 0 Å². The van der Waals surface area contributed by atoms with Crippen molar-refractivity contribution in [2.45, 2.75) is 11.4 Å². The monoisotopic (exact) mass is 345 g/mol. The Morgan fingerprint density at radius 1 is 1.28 bits per heavy atom. The number of nitrogens with one attached hydrogen (secondary N) is 1. The van der Waals surface area contributed by atoms with Gasteiger partial charge in [-0.25, -0.2) is 8.42 Å². The first-order valence-electron chi connectivity index (χ1n) is 5.22. The van der Waals surface area contributed by atoms with E-state index in [0.29, 0.717) is 4.90 Å². The summed E-state index contributed by atoms with van der Waals surface area (Å²) in [4.78, 5) is 1.56. The largest absolute Gasteiger partial charge is 0.380 e. The lowest BCUT2D eigenvalue weighted by atomic mass is 10.3. The van der Waals surface area contributed by atoms with Gasteiger partial charge < -0.3 is 5.32 Å². The van der Waals surface area contributed by atoms with E-state index in [1.807, 2.05) is 5.38 Å². The molecule has 0 fully saturated rings. The smallest absolute Gasteiger partial charge is 0.175 e. The van der Waals surface area contributed by atoms with Gasteiger partial charge in [0.2, 0.25) is 0 Å². The average molecular weight is 346 g/mol. The van der Waals surface area contributed by atoms with Crippen molar-refractivity contribution < 1.29 is 8.42 Å². The van der Waals surface area contributed by atoms with Crippen LogP contribution in [0.4, 0.5) is 5.69 Å². The van der Waals surface area contributed by atoms with E-state index in [1.54, 1.807) is 35.6 Å². The van der Waals surface area contributed by atoms with E-state index in [4.69, 9.17) is 0 Å². The molecule has 18 heavy (non-hydrogen) atoms. The SMILES string of the molecule is CS(=O)(=O)c1ccc(NCc2cc(Br)cs2)cc1. The quantitative estimate of drug-likeness (QED) is 0.921. The summed E-state index contributed by atoms with van der Waals surface area (Å²) >= 11 is 5.08. The Hall–Kier alpha value is -0.850. The molecule has 0 aliphatic rings. The molecule has 0 bridgehead atoms. The van der Waals surface area contributed by atoms with Crippen molar-refractivity contribution in [2.75, 3.05) is 11.6 Å². The van der Waals surface area contributed by atoms with E-state index in [-0.39, 0.29) is 0 Å². The van der Waals surface area contributed by atoms with Gasteiger partial charge in [0, 0.05) is 33.2 Å². The second-order valence-electron chi connectivity index (χ2n) is 3.88. The first-order valence-corrected chi connectivity index (χ1v) is 8.78. The molecule has 0 saturated heterocycles. The third-order valence-corrected chi connectivity index (χ3v) is 5.20. The molecule has 1 aromatic carbocycles. The molecular formula is C12H12BrNO2S2. The number of thiophene rings is 1. The van der Waals surface area contributed by atoms with E-state index in [2.05, 4.69) is 27.3 Å². The Balaban J connectivity index is 2.03. The Labute approximate surface area is 119 Å². The van der Waals surface area contributed by atoms with Gasteiger partial charge in [-0.3, -0.25) is 0 Å². The van der Waals surface area contributed by atoms with Gasteiger partial charge in [0.25, 0.3) is 0 Å². The summed E-state index contributed by atoms with van der Waals surface area (Å²) in [6.45, 7) is 0.731. The standard InChI is InChI=1S/C12H12BrNO2S2/c1-18(15,16)12-4-2-10(3-5-12)14-7-11-6-9(13)8-17-11/h2-6,8,14H,7H2,1H3. The predicted octanol–water partition coefficient (Wildman–Crippen LogP) is 3.53. The molecule has 1 heterocycles. The molecular weight excluding hydrogens is 334 g/mol. The summed E-state index contributed by atoms with van der Waals surface area (Å²) in [6, 6.07) is 8.84. The third-order valence-electron chi connectivity index (χ3n) is 2.37. The van der Waals surface area contributed by atoms with E-state index in [0.717, 1.165) is 16.7 Å². The lowest BCUT2D eigenvalue weighted by molar-refractivity contribution is 0.602. The van der Waals surface area contributed by atoms with Crippen LogP contribution in [0.1, 0.15) is 4.88 Å². The van der Waals surface area contributed by atoms with Gasteiger partial charge in [0.1, 0.15) is 0 Å². The Kier molecular flexibility index (Phi) is 4.09. The normalized spacial score (nSPS) is 11.4. The van der Waals surface area contributed by atoms with Crippen LogP contribution in [0, 0.1) is 0 Å². The summed E-state index contributed by atoms with van der Waals surface area (Å²) < 4.78 is 23.7. The maximum Gasteiger partial charge on any atom is 0.175 e. The molecule has 2 aromatic rings. The average Bonchev–Trinajstić information content (AvgIpc) is 2.72. The molecule has 1 aromatic heterocycles. The lowest BCUT2D eigenvalue weighted by Crippen LogP contribution is -1.99. The summed E-state index contributed by atoms with van der Waals surface area (Å²) in [5.74, 6) is 0. The lowest BCUT2D eigenvalue weighted by Gasteiger charge is -2.05. The topological polar surface area (TPSA) is 46.2 Å². The Morgan fingerprint density at radius 2 is 1.94 bits per heavy atom. The highest BCUT2D eigenvalue weighted by Gasteiger charge is 2.06. The second-order valence-corrected chi connectivity index (χ2v) is 7.81. The predicted molar refractivity (Wildman–Crippen MR) is 78.9 cm³/mol. The molecule has 0 aliphatic heterocycles. The van der Waals surface area contributed by atoms with Crippen LogP contribution in [-0.2, 0) is 16.4 Å². The summed E-state index contributed by atoms with van der Waals surface area (Å²) in [5, 5.41) is 5.28. The Morgan fingerprint density at radius 3 is 2.44 bits per heavy atom. The second kappa shape index (κ2) is 5.42.